The molecule has 0 amide bonds. The lowest BCUT2D eigenvalue weighted by Crippen LogP contribution is -2.65. The van der Waals surface area contributed by atoms with E-state index in [-0.39, 0.29) is 23.7 Å². The number of carbonyl (C=O) groups excluding carboxylic acids is 1. The first-order valence-electron chi connectivity index (χ1n) is 8.46. The highest BCUT2D eigenvalue weighted by molar-refractivity contribution is 5.92. The van der Waals surface area contributed by atoms with Gasteiger partial charge in [0.15, 0.2) is 0 Å². The van der Waals surface area contributed by atoms with Gasteiger partial charge in [0.2, 0.25) is 0 Å². The van der Waals surface area contributed by atoms with E-state index in [2.05, 4.69) is 23.2 Å². The number of rotatable bonds is 1. The van der Waals surface area contributed by atoms with Gasteiger partial charge in [0.05, 0.1) is 23.8 Å². The molecular weight excluding hydrogens is 292 g/mol. The number of morpholine rings is 1. The second-order valence-electron chi connectivity index (χ2n) is 7.26. The maximum absolute atomic E-state index is 11.9. The Kier molecular flexibility index (Phi) is 3.67. The zero-order valence-electron chi connectivity index (χ0n) is 13.8. The molecule has 3 aliphatic rings. The molecule has 0 radical (unpaired) electrons. The Hall–Kier alpha value is -1.43. The second-order valence-corrected chi connectivity index (χ2v) is 7.26. The van der Waals surface area contributed by atoms with Crippen molar-refractivity contribution in [2.45, 2.75) is 38.0 Å². The third-order valence-electron chi connectivity index (χ3n) is 5.35. The Labute approximate surface area is 136 Å². The molecule has 4 rings (SSSR count). The maximum Gasteiger partial charge on any atom is 0.338 e. The standard InChI is InChI=1S/C18H24N2O3/c1-12-7-14-8-13(3-4-15(14)17(21)23-12)16-9-20-6-5-19-10-18(20,2)11-22-16/h3-4,8,12,16,19H,5-7,9-11H2,1-2H3/t12-,16?,18?/m1/s1. The van der Waals surface area contributed by atoms with Crippen LogP contribution < -0.4 is 5.32 Å². The Morgan fingerprint density at radius 2 is 2.26 bits per heavy atom. The van der Waals surface area contributed by atoms with Gasteiger partial charge >= 0.3 is 5.97 Å². The van der Waals surface area contributed by atoms with Gasteiger partial charge < -0.3 is 14.8 Å². The van der Waals surface area contributed by atoms with Crippen molar-refractivity contribution in [1.29, 1.82) is 0 Å². The van der Waals surface area contributed by atoms with Gasteiger partial charge in [-0.05, 0) is 31.0 Å². The van der Waals surface area contributed by atoms with Crippen LogP contribution >= 0.6 is 0 Å². The number of hydrogen-bond acceptors (Lipinski definition) is 5. The van der Waals surface area contributed by atoms with Crippen molar-refractivity contribution in [3.05, 3.63) is 34.9 Å². The van der Waals surface area contributed by atoms with Crippen LogP contribution in [0.1, 0.15) is 41.4 Å². The molecule has 0 bridgehead atoms. The summed E-state index contributed by atoms with van der Waals surface area (Å²) in [5.41, 5.74) is 3.06. The molecule has 0 saturated carbocycles. The fourth-order valence-electron chi connectivity index (χ4n) is 3.92. The molecule has 3 atom stereocenters. The molecule has 1 aromatic carbocycles. The number of nitrogens with one attached hydrogen (secondary N) is 1. The molecule has 1 aromatic rings. The fourth-order valence-corrected chi connectivity index (χ4v) is 3.92. The highest BCUT2D eigenvalue weighted by atomic mass is 16.5. The minimum atomic E-state index is -0.204. The van der Waals surface area contributed by atoms with E-state index in [4.69, 9.17) is 9.47 Å². The monoisotopic (exact) mass is 316 g/mol. The molecule has 5 heteroatoms. The van der Waals surface area contributed by atoms with Gasteiger partial charge in [-0.3, -0.25) is 4.90 Å². The third kappa shape index (κ3) is 2.67. The van der Waals surface area contributed by atoms with Gasteiger partial charge in [0, 0.05) is 32.6 Å². The maximum atomic E-state index is 11.9. The molecule has 0 aliphatic carbocycles. The van der Waals surface area contributed by atoms with Crippen molar-refractivity contribution in [2.75, 3.05) is 32.8 Å². The Morgan fingerprint density at radius 1 is 1.39 bits per heavy atom. The van der Waals surface area contributed by atoms with Crippen LogP contribution in [0, 0.1) is 0 Å². The molecule has 3 heterocycles. The smallest absolute Gasteiger partial charge is 0.338 e. The lowest BCUT2D eigenvalue weighted by molar-refractivity contribution is -0.115. The van der Waals surface area contributed by atoms with Crippen LogP contribution in [-0.2, 0) is 15.9 Å². The summed E-state index contributed by atoms with van der Waals surface area (Å²) < 4.78 is 11.5. The predicted octanol–water partition coefficient (Wildman–Crippen LogP) is 1.52. The summed E-state index contributed by atoms with van der Waals surface area (Å²) in [6.07, 6.45) is 0.821. The number of ether oxygens (including phenoxy) is 2. The van der Waals surface area contributed by atoms with Gasteiger partial charge in [-0.2, -0.15) is 0 Å². The van der Waals surface area contributed by atoms with Crippen LogP contribution in [0.5, 0.6) is 0 Å². The zero-order valence-corrected chi connectivity index (χ0v) is 13.8. The van der Waals surface area contributed by atoms with E-state index in [1.165, 1.54) is 5.56 Å². The van der Waals surface area contributed by atoms with E-state index in [0.29, 0.717) is 5.56 Å². The van der Waals surface area contributed by atoms with Crippen molar-refractivity contribution in [2.24, 2.45) is 0 Å². The summed E-state index contributed by atoms with van der Waals surface area (Å²) >= 11 is 0. The van der Waals surface area contributed by atoms with Gasteiger partial charge in [0.25, 0.3) is 0 Å². The number of piperazine rings is 1. The Morgan fingerprint density at radius 3 is 3.13 bits per heavy atom. The average Bonchev–Trinajstić information content (AvgIpc) is 2.53. The molecule has 124 valence electrons. The molecule has 0 spiro atoms. The van der Waals surface area contributed by atoms with Crippen molar-refractivity contribution < 1.29 is 14.3 Å². The van der Waals surface area contributed by atoms with Crippen molar-refractivity contribution in [3.8, 4) is 0 Å². The summed E-state index contributed by atoms with van der Waals surface area (Å²) in [5, 5.41) is 3.46. The van der Waals surface area contributed by atoms with Crippen LogP contribution in [0.2, 0.25) is 0 Å². The van der Waals surface area contributed by atoms with Gasteiger partial charge in [-0.15, -0.1) is 0 Å². The van der Waals surface area contributed by atoms with E-state index in [1.807, 2.05) is 19.1 Å². The quantitative estimate of drug-likeness (QED) is 0.796. The van der Waals surface area contributed by atoms with E-state index in [9.17, 15) is 4.79 Å². The average molecular weight is 316 g/mol. The molecule has 23 heavy (non-hydrogen) atoms. The number of fused-ring (bicyclic) bond motifs is 2. The highest BCUT2D eigenvalue weighted by Crippen LogP contribution is 2.33. The molecular formula is C18H24N2O3. The van der Waals surface area contributed by atoms with Gasteiger partial charge in [0.1, 0.15) is 6.10 Å². The number of benzene rings is 1. The lowest BCUT2D eigenvalue weighted by atomic mass is 9.91. The second kappa shape index (κ2) is 5.58. The van der Waals surface area contributed by atoms with E-state index < -0.39 is 0 Å². The molecule has 2 unspecified atom stereocenters. The van der Waals surface area contributed by atoms with Crippen LogP contribution in [-0.4, -0.2) is 55.3 Å². The SMILES string of the molecule is C[C@@H]1Cc2cc(C3CN4CCNCC4(C)CO3)ccc2C(=O)O1. The normalized spacial score (nSPS) is 34.4. The number of nitrogens with zero attached hydrogens (tertiary/aromatic N) is 1. The Balaban J connectivity index is 1.57. The van der Waals surface area contributed by atoms with Crippen molar-refractivity contribution >= 4 is 5.97 Å². The van der Waals surface area contributed by atoms with Crippen LogP contribution in [0.15, 0.2) is 18.2 Å². The van der Waals surface area contributed by atoms with Crippen LogP contribution in [0.3, 0.4) is 0 Å². The van der Waals surface area contributed by atoms with E-state index in [0.717, 1.165) is 44.8 Å². The Bertz CT molecular complexity index is 633. The van der Waals surface area contributed by atoms with Crippen LogP contribution in [0.25, 0.3) is 0 Å². The summed E-state index contributed by atoms with van der Waals surface area (Å²) in [6, 6.07) is 6.06. The minimum absolute atomic E-state index is 0.0472. The predicted molar refractivity (Wildman–Crippen MR) is 86.6 cm³/mol. The zero-order chi connectivity index (χ0) is 16.0. The lowest BCUT2D eigenvalue weighted by Gasteiger charge is -2.50. The molecule has 0 aromatic heterocycles. The molecule has 5 nitrogen and oxygen atoms in total. The topological polar surface area (TPSA) is 50.8 Å². The summed E-state index contributed by atoms with van der Waals surface area (Å²) in [7, 11) is 0. The van der Waals surface area contributed by atoms with Crippen molar-refractivity contribution in [1.82, 2.24) is 10.2 Å². The van der Waals surface area contributed by atoms with Gasteiger partial charge in [-0.1, -0.05) is 12.1 Å². The minimum Gasteiger partial charge on any atom is -0.459 e. The largest absolute Gasteiger partial charge is 0.459 e. The van der Waals surface area contributed by atoms with E-state index >= 15 is 0 Å². The number of hydrogen-bond donors (Lipinski definition) is 1. The number of cyclic esters (lactones) is 1. The van der Waals surface area contributed by atoms with Crippen LogP contribution in [0.4, 0.5) is 0 Å². The van der Waals surface area contributed by atoms with Gasteiger partial charge in [-0.25, -0.2) is 4.79 Å². The number of carbonyl (C=O) groups is 1. The number of esters is 1. The molecule has 2 saturated heterocycles. The highest BCUT2D eigenvalue weighted by Gasteiger charge is 2.40. The van der Waals surface area contributed by atoms with Crippen molar-refractivity contribution in [3.63, 3.8) is 0 Å². The first-order valence-corrected chi connectivity index (χ1v) is 8.46. The fraction of sp³-hybridized carbons (Fsp3) is 0.611. The molecule has 2 fully saturated rings. The first-order chi connectivity index (χ1) is 11.0. The summed E-state index contributed by atoms with van der Waals surface area (Å²) in [6.45, 7) is 8.93. The summed E-state index contributed by atoms with van der Waals surface area (Å²) in [4.78, 5) is 14.5. The third-order valence-corrected chi connectivity index (χ3v) is 5.35. The molecule has 1 N–H and O–H groups in total. The first kappa shape index (κ1) is 15.1. The van der Waals surface area contributed by atoms with E-state index in [1.54, 1.807) is 0 Å². The molecule has 3 aliphatic heterocycles. The summed E-state index contributed by atoms with van der Waals surface area (Å²) in [5.74, 6) is -0.204.